The fraction of sp³-hybridized carbons (Fsp3) is 0.143. The van der Waals surface area contributed by atoms with E-state index in [1.807, 2.05) is 66.9 Å². The molecule has 0 radical (unpaired) electrons. The quantitative estimate of drug-likeness (QED) is 0.250. The summed E-state index contributed by atoms with van der Waals surface area (Å²) in [4.78, 5) is 18.3. The van der Waals surface area contributed by atoms with Crippen LogP contribution in [0.4, 0.5) is 0 Å². The minimum atomic E-state index is -0.178. The monoisotopic (exact) mass is 436 g/mol. The SMILES string of the molecule is Cc1cccc(C)c1-n1c(=S)sc2c(=O)n(-c3ccccc3)c(SCC#N)nc21. The molecular weight excluding hydrogens is 420 g/mol. The lowest BCUT2D eigenvalue weighted by Gasteiger charge is -2.14. The largest absolute Gasteiger partial charge is 0.278 e. The summed E-state index contributed by atoms with van der Waals surface area (Å²) in [5.41, 5.74) is 4.13. The summed E-state index contributed by atoms with van der Waals surface area (Å²) in [6, 6.07) is 17.5. The maximum atomic E-state index is 13.5. The first-order valence-electron chi connectivity index (χ1n) is 8.83. The van der Waals surface area contributed by atoms with Crippen molar-refractivity contribution in [2.24, 2.45) is 0 Å². The normalized spacial score (nSPS) is 10.9. The predicted octanol–water partition coefficient (Wildman–Crippen LogP) is 5.20. The molecule has 0 atom stereocenters. The number of hydrogen-bond acceptors (Lipinski definition) is 6. The van der Waals surface area contributed by atoms with Crippen molar-refractivity contribution in [1.29, 1.82) is 5.26 Å². The van der Waals surface area contributed by atoms with Crippen LogP contribution in [0.15, 0.2) is 58.5 Å². The van der Waals surface area contributed by atoms with Gasteiger partial charge in [0.25, 0.3) is 5.56 Å². The predicted molar refractivity (Wildman–Crippen MR) is 121 cm³/mol. The number of benzene rings is 2. The third kappa shape index (κ3) is 3.42. The molecule has 0 saturated carbocycles. The van der Waals surface area contributed by atoms with E-state index in [0.717, 1.165) is 16.8 Å². The molecule has 2 heterocycles. The van der Waals surface area contributed by atoms with E-state index in [2.05, 4.69) is 6.07 Å². The fourth-order valence-corrected chi connectivity index (χ4v) is 5.23. The van der Waals surface area contributed by atoms with Crippen LogP contribution in [-0.2, 0) is 0 Å². The lowest BCUT2D eigenvalue weighted by Crippen LogP contribution is -2.21. The van der Waals surface area contributed by atoms with Crippen LogP contribution in [0, 0.1) is 29.1 Å². The van der Waals surface area contributed by atoms with E-state index in [0.29, 0.717) is 25.1 Å². The van der Waals surface area contributed by atoms with E-state index in [9.17, 15) is 4.79 Å². The molecule has 5 nitrogen and oxygen atoms in total. The van der Waals surface area contributed by atoms with Crippen molar-refractivity contribution in [2.75, 3.05) is 5.75 Å². The van der Waals surface area contributed by atoms with Gasteiger partial charge in [-0.3, -0.25) is 13.9 Å². The van der Waals surface area contributed by atoms with E-state index in [4.69, 9.17) is 22.5 Å². The summed E-state index contributed by atoms with van der Waals surface area (Å²) in [6.45, 7) is 4.04. The van der Waals surface area contributed by atoms with Crippen LogP contribution in [0.5, 0.6) is 0 Å². The second-order valence-electron chi connectivity index (χ2n) is 6.41. The van der Waals surface area contributed by atoms with Gasteiger partial charge in [-0.1, -0.05) is 59.5 Å². The summed E-state index contributed by atoms with van der Waals surface area (Å²) in [5.74, 6) is 0.193. The van der Waals surface area contributed by atoms with Crippen molar-refractivity contribution in [3.8, 4) is 17.4 Å². The molecule has 0 aliphatic rings. The van der Waals surface area contributed by atoms with Gasteiger partial charge in [-0.05, 0) is 49.3 Å². The second-order valence-corrected chi connectivity index (χ2v) is 9.00. The summed E-state index contributed by atoms with van der Waals surface area (Å²) >= 11 is 8.15. The fourth-order valence-electron chi connectivity index (χ4n) is 3.29. The van der Waals surface area contributed by atoms with Crippen molar-refractivity contribution >= 4 is 45.7 Å². The van der Waals surface area contributed by atoms with E-state index in [1.54, 1.807) is 4.57 Å². The lowest BCUT2D eigenvalue weighted by atomic mass is 10.1. The minimum Gasteiger partial charge on any atom is -0.275 e. The molecule has 0 fully saturated rings. The Kier molecular flexibility index (Phi) is 5.37. The molecule has 0 aliphatic carbocycles. The number of fused-ring (bicyclic) bond motifs is 1. The molecule has 2 aromatic heterocycles. The van der Waals surface area contributed by atoms with Crippen molar-refractivity contribution < 1.29 is 0 Å². The van der Waals surface area contributed by atoms with Crippen molar-refractivity contribution in [3.63, 3.8) is 0 Å². The highest BCUT2D eigenvalue weighted by Gasteiger charge is 2.20. The second kappa shape index (κ2) is 7.95. The van der Waals surface area contributed by atoms with Crippen LogP contribution in [0.1, 0.15) is 11.1 Å². The first kappa shape index (κ1) is 19.6. The summed E-state index contributed by atoms with van der Waals surface area (Å²) in [6.07, 6.45) is 0. The number of aromatic nitrogens is 3. The van der Waals surface area contributed by atoms with Crippen molar-refractivity contribution in [2.45, 2.75) is 19.0 Å². The zero-order valence-electron chi connectivity index (χ0n) is 15.7. The van der Waals surface area contributed by atoms with Gasteiger partial charge in [-0.15, -0.1) is 0 Å². The number of nitrogens with zero attached hydrogens (tertiary/aromatic N) is 4. The molecule has 0 aliphatic heterocycles. The van der Waals surface area contributed by atoms with Gasteiger partial charge in [-0.25, -0.2) is 4.98 Å². The molecule has 144 valence electrons. The van der Waals surface area contributed by atoms with Gasteiger partial charge in [0.1, 0.15) is 4.70 Å². The smallest absolute Gasteiger partial charge is 0.275 e. The van der Waals surface area contributed by atoms with Crippen molar-refractivity contribution in [3.05, 3.63) is 74.0 Å². The molecular formula is C21H16N4OS3. The first-order valence-corrected chi connectivity index (χ1v) is 11.0. The van der Waals surface area contributed by atoms with E-state index in [1.165, 1.54) is 23.1 Å². The Balaban J connectivity index is 2.10. The molecule has 0 unspecified atom stereocenters. The Morgan fingerprint density at radius 1 is 1.10 bits per heavy atom. The van der Waals surface area contributed by atoms with Gasteiger partial charge in [0.2, 0.25) is 0 Å². The number of aryl methyl sites for hydroxylation is 2. The average Bonchev–Trinajstić information content (AvgIpc) is 3.03. The maximum Gasteiger partial charge on any atom is 0.278 e. The Labute approximate surface area is 180 Å². The number of thiazole rings is 1. The van der Waals surface area contributed by atoms with Gasteiger partial charge >= 0.3 is 0 Å². The molecule has 4 rings (SSSR count). The Morgan fingerprint density at radius 2 is 1.79 bits per heavy atom. The Hall–Kier alpha value is -2.73. The van der Waals surface area contributed by atoms with Crippen LogP contribution >= 0.6 is 35.3 Å². The lowest BCUT2D eigenvalue weighted by molar-refractivity contribution is 0.812. The topological polar surface area (TPSA) is 63.6 Å². The molecule has 0 N–H and O–H groups in total. The van der Waals surface area contributed by atoms with Gasteiger partial charge < -0.3 is 0 Å². The third-order valence-corrected chi connectivity index (χ3v) is 6.68. The van der Waals surface area contributed by atoms with E-state index in [-0.39, 0.29) is 11.3 Å². The molecule has 0 spiro atoms. The number of nitriles is 1. The number of thioether (sulfide) groups is 1. The Bertz CT molecular complexity index is 1360. The highest BCUT2D eigenvalue weighted by atomic mass is 32.2. The summed E-state index contributed by atoms with van der Waals surface area (Å²) < 4.78 is 4.52. The molecule has 0 saturated heterocycles. The van der Waals surface area contributed by atoms with Gasteiger partial charge in [0, 0.05) is 0 Å². The average molecular weight is 437 g/mol. The summed E-state index contributed by atoms with van der Waals surface area (Å²) in [7, 11) is 0. The number of rotatable bonds is 4. The van der Waals surface area contributed by atoms with E-state index >= 15 is 0 Å². The first-order chi connectivity index (χ1) is 14.0. The van der Waals surface area contributed by atoms with Gasteiger partial charge in [0.05, 0.1) is 23.2 Å². The highest BCUT2D eigenvalue weighted by molar-refractivity contribution is 7.99. The molecule has 0 amide bonds. The molecule has 8 heteroatoms. The van der Waals surface area contributed by atoms with Gasteiger partial charge in [0.15, 0.2) is 14.8 Å². The van der Waals surface area contributed by atoms with E-state index < -0.39 is 0 Å². The molecule has 2 aromatic carbocycles. The molecule has 4 aromatic rings. The van der Waals surface area contributed by atoms with Crippen LogP contribution in [0.25, 0.3) is 21.7 Å². The highest BCUT2D eigenvalue weighted by Crippen LogP contribution is 2.29. The van der Waals surface area contributed by atoms with Crippen LogP contribution in [0.3, 0.4) is 0 Å². The maximum absolute atomic E-state index is 13.5. The number of hydrogen-bond donors (Lipinski definition) is 0. The standard InChI is InChI=1S/C21H16N4OS3/c1-13-7-6-8-14(2)16(13)25-18-17(29-21(25)27)19(26)24(15-9-4-3-5-10-15)20(23-18)28-12-11-22/h3-10H,12H2,1-2H3. The van der Waals surface area contributed by atoms with Gasteiger partial charge in [-0.2, -0.15) is 5.26 Å². The molecule has 29 heavy (non-hydrogen) atoms. The zero-order valence-corrected chi connectivity index (χ0v) is 18.2. The van der Waals surface area contributed by atoms with Crippen molar-refractivity contribution in [1.82, 2.24) is 14.1 Å². The van der Waals surface area contributed by atoms with Crippen LogP contribution in [0.2, 0.25) is 0 Å². The zero-order chi connectivity index (χ0) is 20.5. The minimum absolute atomic E-state index is 0.178. The Morgan fingerprint density at radius 3 is 2.45 bits per heavy atom. The van der Waals surface area contributed by atoms with Crippen LogP contribution in [-0.4, -0.2) is 19.9 Å². The third-order valence-electron chi connectivity index (χ3n) is 4.52. The number of para-hydroxylation sites is 2. The van der Waals surface area contributed by atoms with Crippen LogP contribution < -0.4 is 5.56 Å². The molecule has 0 bridgehead atoms. The summed E-state index contributed by atoms with van der Waals surface area (Å²) in [5, 5.41) is 9.55.